The van der Waals surface area contributed by atoms with Gasteiger partial charge in [0, 0.05) is 25.5 Å². The van der Waals surface area contributed by atoms with Crippen molar-refractivity contribution in [3.63, 3.8) is 0 Å². The second-order valence-electron chi connectivity index (χ2n) is 2.97. The Bertz CT molecular complexity index is 285. The molecule has 1 heterocycles. The molecule has 0 aliphatic carbocycles. The van der Waals surface area contributed by atoms with E-state index >= 15 is 0 Å². The number of hydrogen-bond donors (Lipinski definition) is 1. The van der Waals surface area contributed by atoms with Crippen molar-refractivity contribution in [1.29, 1.82) is 0 Å². The van der Waals surface area contributed by atoms with Crippen molar-refractivity contribution in [3.8, 4) is 0 Å². The molecule has 4 nitrogen and oxygen atoms in total. The molecule has 0 aliphatic rings. The molecule has 0 unspecified atom stereocenters. The maximum absolute atomic E-state index is 5.71. The van der Waals surface area contributed by atoms with E-state index < -0.39 is 0 Å². The maximum Gasteiger partial charge on any atom is 0.174 e. The largest absolute Gasteiger partial charge is 0.381 e. The van der Waals surface area contributed by atoms with Gasteiger partial charge in [0.05, 0.1) is 0 Å². The summed E-state index contributed by atoms with van der Waals surface area (Å²) in [5.41, 5.74) is 5.71. The highest BCUT2D eigenvalue weighted by molar-refractivity contribution is 5.94. The van der Waals surface area contributed by atoms with Gasteiger partial charge in [-0.2, -0.15) is 0 Å². The van der Waals surface area contributed by atoms with E-state index in [0.29, 0.717) is 5.84 Å². The first-order chi connectivity index (χ1) is 5.61. The molecule has 0 amide bonds. The van der Waals surface area contributed by atoms with Crippen LogP contribution in [0.3, 0.4) is 0 Å². The van der Waals surface area contributed by atoms with Crippen molar-refractivity contribution in [1.82, 2.24) is 9.55 Å². The number of hydrogen-bond acceptors (Lipinski definition) is 2. The number of aromatic nitrogens is 2. The van der Waals surface area contributed by atoms with Crippen molar-refractivity contribution in [3.05, 3.63) is 18.2 Å². The van der Waals surface area contributed by atoms with E-state index in [1.807, 2.05) is 31.7 Å². The second kappa shape index (κ2) is 3.38. The molecule has 0 bridgehead atoms. The Morgan fingerprint density at radius 2 is 2.33 bits per heavy atom. The van der Waals surface area contributed by atoms with E-state index in [1.165, 1.54) is 0 Å². The van der Waals surface area contributed by atoms with Gasteiger partial charge in [0.15, 0.2) is 11.7 Å². The first kappa shape index (κ1) is 8.77. The Balaban J connectivity index is 2.92. The topological polar surface area (TPSA) is 56.2 Å². The number of nitrogens with two attached hydrogens (primary N) is 1. The first-order valence-corrected chi connectivity index (χ1v) is 3.92. The van der Waals surface area contributed by atoms with Crippen LogP contribution in [-0.4, -0.2) is 21.4 Å². The zero-order valence-corrected chi connectivity index (χ0v) is 7.65. The van der Waals surface area contributed by atoms with Crippen LogP contribution >= 0.6 is 0 Å². The van der Waals surface area contributed by atoms with Crippen LogP contribution in [0.25, 0.3) is 0 Å². The summed E-state index contributed by atoms with van der Waals surface area (Å²) in [4.78, 5) is 8.27. The molecule has 0 saturated carbocycles. The first-order valence-electron chi connectivity index (χ1n) is 3.92. The minimum absolute atomic E-state index is 0.210. The molecule has 4 heteroatoms. The summed E-state index contributed by atoms with van der Waals surface area (Å²) < 4.78 is 1.85. The molecule has 0 atom stereocenters. The summed E-state index contributed by atoms with van der Waals surface area (Å²) in [6.45, 7) is 3.96. The zero-order valence-electron chi connectivity index (χ0n) is 7.65. The number of nitrogens with zero attached hydrogens (tertiary/aromatic N) is 3. The normalized spacial score (nSPS) is 12.5. The highest BCUT2D eigenvalue weighted by Crippen LogP contribution is 1.95. The summed E-state index contributed by atoms with van der Waals surface area (Å²) in [5, 5.41) is 0. The number of aryl methyl sites for hydroxylation is 1. The lowest BCUT2D eigenvalue weighted by Gasteiger charge is -2.02. The van der Waals surface area contributed by atoms with Crippen LogP contribution in [-0.2, 0) is 7.05 Å². The summed E-state index contributed by atoms with van der Waals surface area (Å²) in [6.07, 6.45) is 3.55. The van der Waals surface area contributed by atoms with Gasteiger partial charge >= 0.3 is 0 Å². The average Bonchev–Trinajstić information content (AvgIpc) is 2.33. The average molecular weight is 166 g/mol. The molecule has 1 aromatic heterocycles. The van der Waals surface area contributed by atoms with Crippen molar-refractivity contribution < 1.29 is 0 Å². The third kappa shape index (κ3) is 1.84. The number of amidine groups is 1. The molecule has 0 radical (unpaired) electrons. The molecular weight excluding hydrogens is 152 g/mol. The third-order valence-electron chi connectivity index (χ3n) is 1.45. The summed E-state index contributed by atoms with van der Waals surface area (Å²) in [5.74, 6) is 1.22. The third-order valence-corrected chi connectivity index (χ3v) is 1.45. The molecule has 0 fully saturated rings. The minimum atomic E-state index is 0.210. The fourth-order valence-corrected chi connectivity index (χ4v) is 0.948. The lowest BCUT2D eigenvalue weighted by molar-refractivity contribution is 0.823. The summed E-state index contributed by atoms with van der Waals surface area (Å²) in [7, 11) is 1.89. The predicted octanol–water partition coefficient (Wildman–Crippen LogP) is 0.534. The van der Waals surface area contributed by atoms with Crippen LogP contribution in [0, 0.1) is 0 Å². The fourth-order valence-electron chi connectivity index (χ4n) is 0.948. The molecule has 12 heavy (non-hydrogen) atoms. The standard InChI is InChI=1S/C8H14N4/c1-6(2)11-7(9)8-10-4-5-12(8)3/h4-6H,1-3H3,(H2,9,11). The van der Waals surface area contributed by atoms with Crippen molar-refractivity contribution >= 4 is 5.84 Å². The van der Waals surface area contributed by atoms with Gasteiger partial charge in [-0.1, -0.05) is 0 Å². The zero-order chi connectivity index (χ0) is 9.14. The van der Waals surface area contributed by atoms with Crippen LogP contribution in [0.4, 0.5) is 0 Å². The quantitative estimate of drug-likeness (QED) is 0.514. The van der Waals surface area contributed by atoms with Gasteiger partial charge in [0.1, 0.15) is 0 Å². The van der Waals surface area contributed by atoms with Crippen LogP contribution in [0.15, 0.2) is 17.4 Å². The van der Waals surface area contributed by atoms with Crippen LogP contribution < -0.4 is 5.73 Å². The smallest absolute Gasteiger partial charge is 0.174 e. The summed E-state index contributed by atoms with van der Waals surface area (Å²) in [6, 6.07) is 0.210. The number of imidazole rings is 1. The maximum atomic E-state index is 5.71. The Hall–Kier alpha value is -1.32. The second-order valence-corrected chi connectivity index (χ2v) is 2.97. The van der Waals surface area contributed by atoms with Gasteiger partial charge in [0.2, 0.25) is 0 Å². The van der Waals surface area contributed by atoms with Crippen LogP contribution in [0.2, 0.25) is 0 Å². The Labute approximate surface area is 72.1 Å². The molecule has 66 valence electrons. The van der Waals surface area contributed by atoms with Crippen molar-refractivity contribution in [2.24, 2.45) is 17.8 Å². The predicted molar refractivity (Wildman–Crippen MR) is 49.1 cm³/mol. The number of aliphatic imine (C=N–C) groups is 1. The van der Waals surface area contributed by atoms with E-state index in [0.717, 1.165) is 5.82 Å². The molecule has 1 rings (SSSR count). The fraction of sp³-hybridized carbons (Fsp3) is 0.500. The van der Waals surface area contributed by atoms with Gasteiger partial charge < -0.3 is 10.3 Å². The van der Waals surface area contributed by atoms with Crippen molar-refractivity contribution in [2.45, 2.75) is 19.9 Å². The SMILES string of the molecule is CC(C)N=C(N)c1nccn1C. The molecule has 0 aliphatic heterocycles. The lowest BCUT2D eigenvalue weighted by Crippen LogP contribution is -2.20. The van der Waals surface area contributed by atoms with Gasteiger partial charge in [-0.05, 0) is 13.8 Å². The van der Waals surface area contributed by atoms with E-state index in [2.05, 4.69) is 9.98 Å². The van der Waals surface area contributed by atoms with Gasteiger partial charge in [-0.3, -0.25) is 4.99 Å². The molecule has 0 saturated heterocycles. The Morgan fingerprint density at radius 3 is 2.75 bits per heavy atom. The Morgan fingerprint density at radius 1 is 1.67 bits per heavy atom. The Kier molecular flexibility index (Phi) is 2.47. The molecule has 0 spiro atoms. The van der Waals surface area contributed by atoms with Crippen LogP contribution in [0.1, 0.15) is 19.7 Å². The van der Waals surface area contributed by atoms with Gasteiger partial charge in [0.25, 0.3) is 0 Å². The highest BCUT2D eigenvalue weighted by atomic mass is 15.1. The van der Waals surface area contributed by atoms with Gasteiger partial charge in [-0.15, -0.1) is 0 Å². The van der Waals surface area contributed by atoms with E-state index in [4.69, 9.17) is 5.73 Å². The van der Waals surface area contributed by atoms with Gasteiger partial charge in [-0.25, -0.2) is 4.98 Å². The molecular formula is C8H14N4. The summed E-state index contributed by atoms with van der Waals surface area (Å²) >= 11 is 0. The lowest BCUT2D eigenvalue weighted by atomic mass is 10.4. The molecule has 2 N–H and O–H groups in total. The van der Waals surface area contributed by atoms with E-state index in [9.17, 15) is 0 Å². The van der Waals surface area contributed by atoms with E-state index in [-0.39, 0.29) is 6.04 Å². The van der Waals surface area contributed by atoms with E-state index in [1.54, 1.807) is 6.20 Å². The molecule has 0 aromatic carbocycles. The highest BCUT2D eigenvalue weighted by Gasteiger charge is 2.03. The van der Waals surface area contributed by atoms with Crippen LogP contribution in [0.5, 0.6) is 0 Å². The number of rotatable bonds is 2. The van der Waals surface area contributed by atoms with Crippen molar-refractivity contribution in [2.75, 3.05) is 0 Å². The monoisotopic (exact) mass is 166 g/mol. The molecule has 1 aromatic rings. The minimum Gasteiger partial charge on any atom is -0.381 e.